The molecule has 0 bridgehead atoms. The molecule has 1 aliphatic rings. The van der Waals surface area contributed by atoms with Crippen molar-refractivity contribution in [3.8, 4) is 0 Å². The average molecular weight is 228 g/mol. The van der Waals surface area contributed by atoms with Gasteiger partial charge < -0.3 is 15.7 Å². The molecular formula is C12H24N2O2. The second-order valence-electron chi connectivity index (χ2n) is 4.62. The highest BCUT2D eigenvalue weighted by Gasteiger charge is 2.16. The lowest BCUT2D eigenvalue weighted by molar-refractivity contribution is 0.160. The SMILES string of the molecule is CCC(O)CCNC(=O)NCCC1CCC1. The van der Waals surface area contributed by atoms with Gasteiger partial charge in [-0.25, -0.2) is 4.79 Å². The number of urea groups is 1. The smallest absolute Gasteiger partial charge is 0.314 e. The van der Waals surface area contributed by atoms with Gasteiger partial charge in [0.05, 0.1) is 6.10 Å². The molecular weight excluding hydrogens is 204 g/mol. The fraction of sp³-hybridized carbons (Fsp3) is 0.917. The van der Waals surface area contributed by atoms with Gasteiger partial charge in [-0.1, -0.05) is 26.2 Å². The van der Waals surface area contributed by atoms with Gasteiger partial charge in [0.2, 0.25) is 0 Å². The third kappa shape index (κ3) is 5.35. The van der Waals surface area contributed by atoms with Gasteiger partial charge in [0, 0.05) is 13.1 Å². The van der Waals surface area contributed by atoms with Crippen molar-refractivity contribution < 1.29 is 9.90 Å². The zero-order valence-corrected chi connectivity index (χ0v) is 10.2. The topological polar surface area (TPSA) is 61.4 Å². The Bertz CT molecular complexity index is 192. The van der Waals surface area contributed by atoms with Crippen LogP contribution in [0.15, 0.2) is 0 Å². The van der Waals surface area contributed by atoms with E-state index in [1.165, 1.54) is 19.3 Å². The second kappa shape index (κ2) is 7.49. The quantitative estimate of drug-likeness (QED) is 0.620. The summed E-state index contributed by atoms with van der Waals surface area (Å²) in [5.74, 6) is 0.835. The van der Waals surface area contributed by atoms with Crippen LogP contribution in [0.1, 0.15) is 45.4 Å². The highest BCUT2D eigenvalue weighted by molar-refractivity contribution is 5.73. The van der Waals surface area contributed by atoms with Crippen LogP contribution in [0.4, 0.5) is 4.79 Å². The summed E-state index contributed by atoms with van der Waals surface area (Å²) < 4.78 is 0. The molecule has 94 valence electrons. The van der Waals surface area contributed by atoms with Gasteiger partial charge in [-0.2, -0.15) is 0 Å². The molecule has 1 unspecified atom stereocenters. The van der Waals surface area contributed by atoms with E-state index in [4.69, 9.17) is 0 Å². The van der Waals surface area contributed by atoms with Crippen molar-refractivity contribution in [2.75, 3.05) is 13.1 Å². The minimum atomic E-state index is -0.296. The van der Waals surface area contributed by atoms with Crippen molar-refractivity contribution >= 4 is 6.03 Å². The lowest BCUT2D eigenvalue weighted by Gasteiger charge is -2.25. The number of nitrogens with one attached hydrogen (secondary N) is 2. The Hall–Kier alpha value is -0.770. The maximum Gasteiger partial charge on any atom is 0.314 e. The van der Waals surface area contributed by atoms with Gasteiger partial charge in [0.1, 0.15) is 0 Å². The van der Waals surface area contributed by atoms with E-state index in [2.05, 4.69) is 10.6 Å². The summed E-state index contributed by atoms with van der Waals surface area (Å²) >= 11 is 0. The van der Waals surface area contributed by atoms with Crippen LogP contribution in [-0.2, 0) is 0 Å². The Morgan fingerprint density at radius 2 is 2.06 bits per heavy atom. The molecule has 1 aliphatic carbocycles. The molecule has 1 atom stereocenters. The van der Waals surface area contributed by atoms with Crippen LogP contribution in [0.3, 0.4) is 0 Å². The lowest BCUT2D eigenvalue weighted by atomic mass is 9.83. The molecule has 0 heterocycles. The summed E-state index contributed by atoms with van der Waals surface area (Å²) in [5, 5.41) is 14.9. The fourth-order valence-corrected chi connectivity index (χ4v) is 1.79. The van der Waals surface area contributed by atoms with E-state index in [9.17, 15) is 9.90 Å². The first kappa shape index (κ1) is 13.3. The molecule has 0 aromatic carbocycles. The molecule has 2 amide bonds. The average Bonchev–Trinajstić information content (AvgIpc) is 2.21. The largest absolute Gasteiger partial charge is 0.393 e. The molecule has 0 spiro atoms. The van der Waals surface area contributed by atoms with Crippen LogP contribution >= 0.6 is 0 Å². The van der Waals surface area contributed by atoms with Crippen molar-refractivity contribution in [3.05, 3.63) is 0 Å². The van der Waals surface area contributed by atoms with Crippen LogP contribution in [-0.4, -0.2) is 30.3 Å². The van der Waals surface area contributed by atoms with Gasteiger partial charge in [0.25, 0.3) is 0 Å². The van der Waals surface area contributed by atoms with Gasteiger partial charge in [-0.3, -0.25) is 0 Å². The third-order valence-corrected chi connectivity index (χ3v) is 3.30. The maximum absolute atomic E-state index is 11.3. The molecule has 1 saturated carbocycles. The Labute approximate surface area is 97.8 Å². The first-order valence-corrected chi connectivity index (χ1v) is 6.42. The van der Waals surface area contributed by atoms with E-state index in [-0.39, 0.29) is 12.1 Å². The number of aliphatic hydroxyl groups is 1. The number of hydrogen-bond donors (Lipinski definition) is 3. The van der Waals surface area contributed by atoms with Crippen molar-refractivity contribution in [2.24, 2.45) is 5.92 Å². The molecule has 1 fully saturated rings. The van der Waals surface area contributed by atoms with Crippen molar-refractivity contribution in [1.29, 1.82) is 0 Å². The van der Waals surface area contributed by atoms with Crippen molar-refractivity contribution in [2.45, 2.75) is 51.6 Å². The minimum absolute atomic E-state index is 0.109. The molecule has 0 saturated heterocycles. The lowest BCUT2D eigenvalue weighted by Crippen LogP contribution is -2.38. The summed E-state index contributed by atoms with van der Waals surface area (Å²) in [6.45, 7) is 3.25. The Morgan fingerprint density at radius 3 is 2.62 bits per heavy atom. The normalized spacial score (nSPS) is 17.6. The Kier molecular flexibility index (Phi) is 6.23. The van der Waals surface area contributed by atoms with Crippen molar-refractivity contribution in [3.63, 3.8) is 0 Å². The Morgan fingerprint density at radius 1 is 1.38 bits per heavy atom. The first-order chi connectivity index (χ1) is 7.72. The van der Waals surface area contributed by atoms with Gasteiger partial charge >= 0.3 is 6.03 Å². The third-order valence-electron chi connectivity index (χ3n) is 3.30. The molecule has 0 aromatic heterocycles. The van der Waals surface area contributed by atoms with Crippen molar-refractivity contribution in [1.82, 2.24) is 10.6 Å². The molecule has 16 heavy (non-hydrogen) atoms. The summed E-state index contributed by atoms with van der Waals surface area (Å²) in [6.07, 6.45) is 6.18. The molecule has 1 rings (SSSR count). The van der Waals surface area contributed by atoms with Gasteiger partial charge in [0.15, 0.2) is 0 Å². The molecule has 0 aromatic rings. The summed E-state index contributed by atoms with van der Waals surface area (Å²) in [7, 11) is 0. The standard InChI is InChI=1S/C12H24N2O2/c1-2-11(15)7-9-14-12(16)13-8-6-10-4-3-5-10/h10-11,15H,2-9H2,1H3,(H2,13,14,16). The zero-order chi connectivity index (χ0) is 11.8. The highest BCUT2D eigenvalue weighted by atomic mass is 16.3. The predicted molar refractivity (Wildman–Crippen MR) is 64.3 cm³/mol. The molecule has 4 heteroatoms. The van der Waals surface area contributed by atoms with E-state index in [1.807, 2.05) is 6.92 Å². The summed E-state index contributed by atoms with van der Waals surface area (Å²) in [4.78, 5) is 11.3. The Balaban J connectivity index is 1.89. The molecule has 4 nitrogen and oxygen atoms in total. The molecule has 0 radical (unpaired) electrons. The highest BCUT2D eigenvalue weighted by Crippen LogP contribution is 2.28. The van der Waals surface area contributed by atoms with E-state index >= 15 is 0 Å². The maximum atomic E-state index is 11.3. The first-order valence-electron chi connectivity index (χ1n) is 6.42. The van der Waals surface area contributed by atoms with E-state index in [0.29, 0.717) is 13.0 Å². The number of carbonyl (C=O) groups is 1. The van der Waals surface area contributed by atoms with Gasteiger partial charge in [-0.05, 0) is 25.2 Å². The fourth-order valence-electron chi connectivity index (χ4n) is 1.79. The molecule has 3 N–H and O–H groups in total. The monoisotopic (exact) mass is 228 g/mol. The van der Waals surface area contributed by atoms with Crippen LogP contribution < -0.4 is 10.6 Å². The van der Waals surface area contributed by atoms with E-state index in [0.717, 1.165) is 25.3 Å². The molecule has 0 aliphatic heterocycles. The number of carbonyl (C=O) groups excluding carboxylic acids is 1. The van der Waals surface area contributed by atoms with Crippen LogP contribution in [0.25, 0.3) is 0 Å². The van der Waals surface area contributed by atoms with Crippen LogP contribution in [0.2, 0.25) is 0 Å². The minimum Gasteiger partial charge on any atom is -0.393 e. The number of amides is 2. The van der Waals surface area contributed by atoms with E-state index < -0.39 is 0 Å². The van der Waals surface area contributed by atoms with E-state index in [1.54, 1.807) is 0 Å². The number of aliphatic hydroxyl groups excluding tert-OH is 1. The second-order valence-corrected chi connectivity index (χ2v) is 4.62. The predicted octanol–water partition coefficient (Wildman–Crippen LogP) is 1.64. The number of hydrogen-bond acceptors (Lipinski definition) is 2. The number of rotatable bonds is 7. The van der Waals surface area contributed by atoms with Crippen LogP contribution in [0, 0.1) is 5.92 Å². The van der Waals surface area contributed by atoms with Gasteiger partial charge in [-0.15, -0.1) is 0 Å². The zero-order valence-electron chi connectivity index (χ0n) is 10.2. The summed E-state index contributed by atoms with van der Waals surface area (Å²) in [6, 6.07) is -0.109. The van der Waals surface area contributed by atoms with Crippen LogP contribution in [0.5, 0.6) is 0 Å². The summed E-state index contributed by atoms with van der Waals surface area (Å²) in [5.41, 5.74) is 0.